The van der Waals surface area contributed by atoms with Crippen LogP contribution in [0.15, 0.2) is 36.4 Å². The minimum Gasteiger partial charge on any atom is -0.497 e. The Labute approximate surface area is 152 Å². The summed E-state index contributed by atoms with van der Waals surface area (Å²) in [4.78, 5) is 14.6. The molecule has 138 valence electrons. The van der Waals surface area contributed by atoms with Gasteiger partial charge in [-0.15, -0.1) is 0 Å². The zero-order valence-electron chi connectivity index (χ0n) is 15.2. The van der Waals surface area contributed by atoms with E-state index in [2.05, 4.69) is 12.2 Å². The van der Waals surface area contributed by atoms with Crippen molar-refractivity contribution < 1.29 is 18.7 Å². The number of aryl methyl sites for hydroxylation is 1. The molecule has 26 heavy (non-hydrogen) atoms. The van der Waals surface area contributed by atoms with Gasteiger partial charge in [0, 0.05) is 17.8 Å². The first-order valence-electron chi connectivity index (χ1n) is 8.58. The van der Waals surface area contributed by atoms with Gasteiger partial charge in [-0.1, -0.05) is 0 Å². The molecule has 1 N–H and O–H groups in total. The Bertz CT molecular complexity index is 810. The summed E-state index contributed by atoms with van der Waals surface area (Å²) in [5, 5.41) is 2.89. The Balaban J connectivity index is 1.76. The minimum absolute atomic E-state index is 0.155. The van der Waals surface area contributed by atoms with E-state index in [0.717, 1.165) is 24.1 Å². The molecule has 0 spiro atoms. The number of rotatable bonds is 5. The number of methoxy groups -OCH3 is 2. The summed E-state index contributed by atoms with van der Waals surface area (Å²) in [6.07, 6.45) is 1.70. The predicted octanol–water partition coefficient (Wildman–Crippen LogP) is 3.62. The number of hydrogen-bond acceptors (Lipinski definition) is 4. The van der Waals surface area contributed by atoms with E-state index in [4.69, 9.17) is 9.47 Å². The molecule has 6 heteroatoms. The topological polar surface area (TPSA) is 50.8 Å². The number of ether oxygens (including phenoxy) is 2. The maximum absolute atomic E-state index is 13.5. The van der Waals surface area contributed by atoms with Gasteiger partial charge in [0.25, 0.3) is 0 Å². The van der Waals surface area contributed by atoms with Crippen molar-refractivity contribution in [3.05, 3.63) is 47.8 Å². The lowest BCUT2D eigenvalue weighted by molar-refractivity contribution is -0.115. The minimum atomic E-state index is -0.245. The Kier molecular flexibility index (Phi) is 5.30. The maximum Gasteiger partial charge on any atom is 0.244 e. The molecule has 1 aliphatic heterocycles. The molecule has 1 unspecified atom stereocenters. The van der Waals surface area contributed by atoms with Crippen LogP contribution in [-0.4, -0.2) is 32.7 Å². The molecule has 3 rings (SSSR count). The average molecular weight is 358 g/mol. The Morgan fingerprint density at radius 2 is 2.04 bits per heavy atom. The van der Waals surface area contributed by atoms with Crippen molar-refractivity contribution in [3.63, 3.8) is 0 Å². The summed E-state index contributed by atoms with van der Waals surface area (Å²) >= 11 is 0. The van der Waals surface area contributed by atoms with E-state index >= 15 is 0 Å². The highest BCUT2D eigenvalue weighted by Gasteiger charge is 2.25. The normalized spacial score (nSPS) is 16.0. The molecule has 0 aliphatic carbocycles. The summed E-state index contributed by atoms with van der Waals surface area (Å²) in [7, 11) is 3.12. The summed E-state index contributed by atoms with van der Waals surface area (Å²) in [5.41, 5.74) is 2.45. The first-order valence-corrected chi connectivity index (χ1v) is 8.58. The molecule has 1 atom stereocenters. The lowest BCUT2D eigenvalue weighted by Crippen LogP contribution is -2.42. The zero-order valence-corrected chi connectivity index (χ0v) is 15.2. The fraction of sp³-hybridized carbons (Fsp3) is 0.350. The molecule has 1 amide bonds. The molecule has 0 radical (unpaired) electrons. The molecule has 5 nitrogen and oxygen atoms in total. The number of anilines is 2. The van der Waals surface area contributed by atoms with Gasteiger partial charge in [0.15, 0.2) is 0 Å². The number of fused-ring (bicyclic) bond motifs is 1. The third-order valence-corrected chi connectivity index (χ3v) is 4.71. The van der Waals surface area contributed by atoms with E-state index < -0.39 is 0 Å². The number of amides is 1. The van der Waals surface area contributed by atoms with E-state index in [1.54, 1.807) is 44.6 Å². The molecule has 0 bridgehead atoms. The van der Waals surface area contributed by atoms with Crippen molar-refractivity contribution in [1.82, 2.24) is 0 Å². The van der Waals surface area contributed by atoms with Crippen LogP contribution >= 0.6 is 0 Å². The van der Waals surface area contributed by atoms with Gasteiger partial charge in [0.2, 0.25) is 5.91 Å². The number of nitrogens with one attached hydrogen (secondary N) is 1. The highest BCUT2D eigenvalue weighted by atomic mass is 19.1. The predicted molar refractivity (Wildman–Crippen MR) is 99.7 cm³/mol. The van der Waals surface area contributed by atoms with Gasteiger partial charge < -0.3 is 19.7 Å². The molecule has 2 aromatic rings. The summed E-state index contributed by atoms with van der Waals surface area (Å²) in [6, 6.07) is 10.2. The number of hydrogen-bond donors (Lipinski definition) is 1. The van der Waals surface area contributed by atoms with E-state index in [9.17, 15) is 9.18 Å². The molecular weight excluding hydrogens is 335 g/mol. The van der Waals surface area contributed by atoms with Crippen molar-refractivity contribution in [1.29, 1.82) is 0 Å². The van der Waals surface area contributed by atoms with Gasteiger partial charge in [-0.2, -0.15) is 0 Å². The summed E-state index contributed by atoms with van der Waals surface area (Å²) in [5.74, 6) is 0.787. The number of benzene rings is 2. The number of carbonyl (C=O) groups is 1. The molecule has 0 aromatic heterocycles. The summed E-state index contributed by atoms with van der Waals surface area (Å²) in [6.45, 7) is 2.27. The SMILES string of the molecule is COc1ccc(NC(=O)CN2c3ccc(F)cc3CCC2C)c(OC)c1. The second kappa shape index (κ2) is 7.64. The van der Waals surface area contributed by atoms with Crippen LogP contribution in [0.1, 0.15) is 18.9 Å². The molecule has 0 saturated carbocycles. The van der Waals surface area contributed by atoms with Crippen molar-refractivity contribution in [2.75, 3.05) is 31.0 Å². The van der Waals surface area contributed by atoms with Crippen LogP contribution in [0.25, 0.3) is 0 Å². The molecule has 1 aliphatic rings. The standard InChI is InChI=1S/C20H23FN2O3/c1-13-4-5-14-10-15(21)6-9-18(14)23(13)12-20(24)22-17-8-7-16(25-2)11-19(17)26-3/h6-11,13H,4-5,12H2,1-3H3,(H,22,24). The van der Waals surface area contributed by atoms with Gasteiger partial charge in [0.05, 0.1) is 26.5 Å². The molecule has 1 heterocycles. The zero-order chi connectivity index (χ0) is 18.7. The number of halogens is 1. The van der Waals surface area contributed by atoms with Gasteiger partial charge in [-0.3, -0.25) is 4.79 Å². The monoisotopic (exact) mass is 358 g/mol. The van der Waals surface area contributed by atoms with Crippen LogP contribution in [-0.2, 0) is 11.2 Å². The number of nitrogens with zero attached hydrogens (tertiary/aromatic N) is 1. The molecule has 0 fully saturated rings. The van der Waals surface area contributed by atoms with Gasteiger partial charge in [-0.25, -0.2) is 4.39 Å². The van der Waals surface area contributed by atoms with Crippen molar-refractivity contribution in [3.8, 4) is 11.5 Å². The third kappa shape index (κ3) is 3.74. The molecular formula is C20H23FN2O3. The Hall–Kier alpha value is -2.76. The van der Waals surface area contributed by atoms with Crippen molar-refractivity contribution >= 4 is 17.3 Å². The maximum atomic E-state index is 13.5. The Morgan fingerprint density at radius 3 is 2.77 bits per heavy atom. The van der Waals surface area contributed by atoms with Crippen LogP contribution in [0.2, 0.25) is 0 Å². The first-order chi connectivity index (χ1) is 12.5. The fourth-order valence-corrected chi connectivity index (χ4v) is 3.28. The van der Waals surface area contributed by atoms with E-state index in [0.29, 0.717) is 17.2 Å². The second-order valence-corrected chi connectivity index (χ2v) is 6.40. The van der Waals surface area contributed by atoms with E-state index in [1.807, 2.05) is 4.90 Å². The lowest BCUT2D eigenvalue weighted by Gasteiger charge is -2.36. The van der Waals surface area contributed by atoms with Crippen LogP contribution in [0, 0.1) is 5.82 Å². The highest BCUT2D eigenvalue weighted by molar-refractivity contribution is 5.95. The second-order valence-electron chi connectivity index (χ2n) is 6.40. The van der Waals surface area contributed by atoms with Crippen LogP contribution in [0.4, 0.5) is 15.8 Å². The first kappa shape index (κ1) is 18.0. The lowest BCUT2D eigenvalue weighted by atomic mass is 9.96. The van der Waals surface area contributed by atoms with Crippen LogP contribution in [0.3, 0.4) is 0 Å². The van der Waals surface area contributed by atoms with Crippen LogP contribution < -0.4 is 19.7 Å². The molecule has 0 saturated heterocycles. The number of carbonyl (C=O) groups excluding carboxylic acids is 1. The van der Waals surface area contributed by atoms with E-state index in [-0.39, 0.29) is 24.3 Å². The van der Waals surface area contributed by atoms with Crippen molar-refractivity contribution in [2.45, 2.75) is 25.8 Å². The largest absolute Gasteiger partial charge is 0.497 e. The molecule has 2 aromatic carbocycles. The Morgan fingerprint density at radius 1 is 1.23 bits per heavy atom. The van der Waals surface area contributed by atoms with Gasteiger partial charge in [-0.05, 0) is 55.7 Å². The van der Waals surface area contributed by atoms with Gasteiger partial charge in [0.1, 0.15) is 17.3 Å². The third-order valence-electron chi connectivity index (χ3n) is 4.71. The van der Waals surface area contributed by atoms with Crippen molar-refractivity contribution in [2.24, 2.45) is 0 Å². The van der Waals surface area contributed by atoms with Crippen LogP contribution in [0.5, 0.6) is 11.5 Å². The summed E-state index contributed by atoms with van der Waals surface area (Å²) < 4.78 is 24.0. The highest BCUT2D eigenvalue weighted by Crippen LogP contribution is 2.32. The quantitative estimate of drug-likeness (QED) is 0.887. The average Bonchev–Trinajstić information content (AvgIpc) is 2.64. The van der Waals surface area contributed by atoms with E-state index in [1.165, 1.54) is 6.07 Å². The fourth-order valence-electron chi connectivity index (χ4n) is 3.28. The smallest absolute Gasteiger partial charge is 0.244 e. The van der Waals surface area contributed by atoms with Gasteiger partial charge >= 0.3 is 0 Å².